The molecule has 0 atom stereocenters. The van der Waals surface area contributed by atoms with Gasteiger partial charge in [0.05, 0.1) is 5.39 Å². The summed E-state index contributed by atoms with van der Waals surface area (Å²) in [7, 11) is 0. The van der Waals surface area contributed by atoms with E-state index in [1.165, 1.54) is 22.5 Å². The molecule has 0 aliphatic carbocycles. The number of hydrogen-bond acceptors (Lipinski definition) is 6. The van der Waals surface area contributed by atoms with Crippen molar-refractivity contribution in [2.24, 2.45) is 0 Å². The van der Waals surface area contributed by atoms with Gasteiger partial charge in [0.1, 0.15) is 5.75 Å². The minimum Gasteiger partial charge on any atom is -0.506 e. The third-order valence-corrected chi connectivity index (χ3v) is 3.37. The highest BCUT2D eigenvalue weighted by atomic mass is 32.2. The largest absolute Gasteiger partial charge is 0.506 e. The monoisotopic (exact) mass is 295 g/mol. The number of pyridine rings is 1. The SMILES string of the molecule is CSc1ncc2c(O)c(C(=O)O)c(=O)n(C(C)C)c2n1. The smallest absolute Gasteiger partial charge is 0.345 e. The van der Waals surface area contributed by atoms with E-state index in [9.17, 15) is 14.7 Å². The number of rotatable bonds is 3. The first-order chi connectivity index (χ1) is 9.38. The van der Waals surface area contributed by atoms with Gasteiger partial charge in [0.15, 0.2) is 16.4 Å². The van der Waals surface area contributed by atoms with Gasteiger partial charge in [-0.15, -0.1) is 0 Å². The Morgan fingerprint density at radius 1 is 1.45 bits per heavy atom. The molecule has 0 spiro atoms. The Balaban J connectivity index is 3.03. The number of carboxylic acid groups (broad SMARTS) is 1. The molecule has 0 saturated heterocycles. The van der Waals surface area contributed by atoms with Crippen molar-refractivity contribution in [3.05, 3.63) is 22.1 Å². The summed E-state index contributed by atoms with van der Waals surface area (Å²) in [6.45, 7) is 3.48. The van der Waals surface area contributed by atoms with Crippen LogP contribution < -0.4 is 5.56 Å². The molecule has 8 heteroatoms. The first-order valence-electron chi connectivity index (χ1n) is 5.80. The Morgan fingerprint density at radius 2 is 2.10 bits per heavy atom. The van der Waals surface area contributed by atoms with Gasteiger partial charge in [-0.3, -0.25) is 9.36 Å². The van der Waals surface area contributed by atoms with Crippen LogP contribution in [0.1, 0.15) is 30.2 Å². The number of carbonyl (C=O) groups is 1. The molecule has 0 aromatic carbocycles. The van der Waals surface area contributed by atoms with E-state index in [4.69, 9.17) is 5.11 Å². The van der Waals surface area contributed by atoms with Gasteiger partial charge in [0.2, 0.25) is 0 Å². The van der Waals surface area contributed by atoms with Crippen LogP contribution in [0.2, 0.25) is 0 Å². The van der Waals surface area contributed by atoms with Crippen LogP contribution in [0.15, 0.2) is 16.1 Å². The molecule has 2 aromatic heterocycles. The Bertz CT molecular complexity index is 754. The van der Waals surface area contributed by atoms with E-state index in [-0.39, 0.29) is 17.1 Å². The summed E-state index contributed by atoms with van der Waals surface area (Å²) in [5.74, 6) is -2.07. The molecule has 7 nitrogen and oxygen atoms in total. The average Bonchev–Trinajstić information content (AvgIpc) is 2.37. The topological polar surface area (TPSA) is 105 Å². The van der Waals surface area contributed by atoms with Gasteiger partial charge in [-0.1, -0.05) is 11.8 Å². The lowest BCUT2D eigenvalue weighted by molar-refractivity contribution is 0.0691. The lowest BCUT2D eigenvalue weighted by Gasteiger charge is -2.15. The first-order valence-corrected chi connectivity index (χ1v) is 7.02. The minimum atomic E-state index is -1.47. The van der Waals surface area contributed by atoms with E-state index >= 15 is 0 Å². The highest BCUT2D eigenvalue weighted by molar-refractivity contribution is 7.98. The molecule has 20 heavy (non-hydrogen) atoms. The number of hydrogen-bond donors (Lipinski definition) is 2. The zero-order valence-electron chi connectivity index (χ0n) is 11.1. The van der Waals surface area contributed by atoms with Gasteiger partial charge in [-0.25, -0.2) is 14.8 Å². The van der Waals surface area contributed by atoms with Crippen molar-refractivity contribution in [3.8, 4) is 5.75 Å². The number of aromatic carboxylic acids is 1. The van der Waals surface area contributed by atoms with E-state index in [1.54, 1.807) is 20.1 Å². The number of aromatic nitrogens is 3. The molecule has 2 heterocycles. The van der Waals surface area contributed by atoms with Crippen molar-refractivity contribution in [3.63, 3.8) is 0 Å². The maximum atomic E-state index is 12.2. The second kappa shape index (κ2) is 5.12. The van der Waals surface area contributed by atoms with E-state index in [0.717, 1.165) is 0 Å². The molecule has 0 bridgehead atoms. The molecular weight excluding hydrogens is 282 g/mol. The Hall–Kier alpha value is -2.09. The standard InChI is InChI=1S/C12H13N3O4S/c1-5(2)15-9-6(4-13-12(14-9)20-3)8(16)7(10(15)17)11(18)19/h4-5,16H,1-3H3,(H,18,19). The predicted molar refractivity (Wildman–Crippen MR) is 74.6 cm³/mol. The molecule has 0 aliphatic rings. The summed E-state index contributed by atoms with van der Waals surface area (Å²) in [5, 5.41) is 19.7. The number of nitrogens with zero attached hydrogens (tertiary/aromatic N) is 3. The fraction of sp³-hybridized carbons (Fsp3) is 0.333. The second-order valence-electron chi connectivity index (χ2n) is 4.39. The van der Waals surface area contributed by atoms with Gasteiger partial charge < -0.3 is 10.2 Å². The van der Waals surface area contributed by atoms with Gasteiger partial charge >= 0.3 is 5.97 Å². The van der Waals surface area contributed by atoms with E-state index in [0.29, 0.717) is 5.16 Å². The van der Waals surface area contributed by atoms with Crippen molar-refractivity contribution < 1.29 is 15.0 Å². The van der Waals surface area contributed by atoms with E-state index in [2.05, 4.69) is 9.97 Å². The van der Waals surface area contributed by atoms with Crippen LogP contribution in [-0.4, -0.2) is 37.0 Å². The summed E-state index contributed by atoms with van der Waals surface area (Å²) in [4.78, 5) is 31.6. The van der Waals surface area contributed by atoms with Gasteiger partial charge in [-0.2, -0.15) is 0 Å². The van der Waals surface area contributed by atoms with Crippen LogP contribution in [0.3, 0.4) is 0 Å². The Morgan fingerprint density at radius 3 is 2.60 bits per heavy atom. The third-order valence-electron chi connectivity index (χ3n) is 2.81. The molecule has 0 radical (unpaired) electrons. The zero-order chi connectivity index (χ0) is 15.0. The summed E-state index contributed by atoms with van der Waals surface area (Å²) in [6, 6.07) is -0.298. The van der Waals surface area contributed by atoms with Crippen LogP contribution in [-0.2, 0) is 0 Å². The average molecular weight is 295 g/mol. The minimum absolute atomic E-state index is 0.147. The predicted octanol–water partition coefficient (Wildman–Crippen LogP) is 1.50. The number of fused-ring (bicyclic) bond motifs is 1. The lowest BCUT2D eigenvalue weighted by atomic mass is 10.1. The molecule has 0 aliphatic heterocycles. The van der Waals surface area contributed by atoms with Crippen molar-refractivity contribution >= 4 is 28.8 Å². The van der Waals surface area contributed by atoms with Crippen LogP contribution in [0.25, 0.3) is 11.0 Å². The zero-order valence-corrected chi connectivity index (χ0v) is 11.9. The number of aromatic hydroxyl groups is 1. The van der Waals surface area contributed by atoms with Gasteiger partial charge in [0, 0.05) is 12.2 Å². The molecular formula is C12H13N3O4S. The Labute approximate surface area is 118 Å². The van der Waals surface area contributed by atoms with E-state index < -0.39 is 22.8 Å². The molecule has 0 unspecified atom stereocenters. The molecule has 0 amide bonds. The molecule has 2 aromatic rings. The summed E-state index contributed by atoms with van der Waals surface area (Å²) >= 11 is 1.29. The van der Waals surface area contributed by atoms with Crippen molar-refractivity contribution in [2.75, 3.05) is 6.26 Å². The highest BCUT2D eigenvalue weighted by Crippen LogP contribution is 2.27. The fourth-order valence-corrected chi connectivity index (χ4v) is 2.27. The quantitative estimate of drug-likeness (QED) is 0.653. The molecule has 2 rings (SSSR count). The van der Waals surface area contributed by atoms with Gasteiger partial charge in [-0.05, 0) is 20.1 Å². The first kappa shape index (κ1) is 14.3. The van der Waals surface area contributed by atoms with Crippen LogP contribution in [0.5, 0.6) is 5.75 Å². The summed E-state index contributed by atoms with van der Waals surface area (Å²) in [6.07, 6.45) is 3.11. The highest BCUT2D eigenvalue weighted by Gasteiger charge is 2.24. The van der Waals surface area contributed by atoms with Crippen molar-refractivity contribution in [1.82, 2.24) is 14.5 Å². The normalized spacial score (nSPS) is 11.2. The third kappa shape index (κ3) is 2.11. The van der Waals surface area contributed by atoms with E-state index in [1.807, 2.05) is 0 Å². The molecule has 0 fully saturated rings. The number of thioether (sulfide) groups is 1. The summed E-state index contributed by atoms with van der Waals surface area (Å²) in [5.41, 5.74) is -1.21. The van der Waals surface area contributed by atoms with Crippen LogP contribution in [0.4, 0.5) is 0 Å². The molecule has 0 saturated carbocycles. The van der Waals surface area contributed by atoms with Crippen LogP contribution >= 0.6 is 11.8 Å². The van der Waals surface area contributed by atoms with Crippen LogP contribution in [0, 0.1) is 0 Å². The molecule has 106 valence electrons. The number of carboxylic acids is 1. The van der Waals surface area contributed by atoms with Crippen molar-refractivity contribution in [1.29, 1.82) is 0 Å². The Kier molecular flexibility index (Phi) is 3.67. The second-order valence-corrected chi connectivity index (χ2v) is 5.17. The maximum absolute atomic E-state index is 12.2. The van der Waals surface area contributed by atoms with Crippen molar-refractivity contribution in [2.45, 2.75) is 25.0 Å². The van der Waals surface area contributed by atoms with Gasteiger partial charge in [0.25, 0.3) is 5.56 Å². The lowest BCUT2D eigenvalue weighted by Crippen LogP contribution is -2.29. The molecule has 2 N–H and O–H groups in total. The summed E-state index contributed by atoms with van der Waals surface area (Å²) < 4.78 is 1.25. The fourth-order valence-electron chi connectivity index (χ4n) is 1.93. The maximum Gasteiger partial charge on any atom is 0.345 e.